The lowest BCUT2D eigenvalue weighted by molar-refractivity contribution is -0.870. The Kier molecular flexibility index (Phi) is 6.92. The Morgan fingerprint density at radius 3 is 1.77 bits per heavy atom. The molecule has 168 valence electrons. The third-order valence-corrected chi connectivity index (χ3v) is 5.14. The van der Waals surface area contributed by atoms with Crippen LogP contribution < -0.4 is 15.1 Å². The van der Waals surface area contributed by atoms with E-state index in [0.29, 0.717) is 35.7 Å². The van der Waals surface area contributed by atoms with Crippen LogP contribution in [0.1, 0.15) is 12.8 Å². The van der Waals surface area contributed by atoms with E-state index in [0.717, 1.165) is 45.7 Å². The van der Waals surface area contributed by atoms with Gasteiger partial charge in [0.1, 0.15) is 17.1 Å². The molecule has 6 nitrogen and oxygen atoms in total. The second-order valence-electron chi connectivity index (χ2n) is 10.2. The first-order chi connectivity index (χ1) is 14.5. The van der Waals surface area contributed by atoms with Gasteiger partial charge < -0.3 is 22.9 Å². The van der Waals surface area contributed by atoms with E-state index in [-0.39, 0.29) is 5.63 Å². The largest absolute Gasteiger partial charge is 0.493 e. The van der Waals surface area contributed by atoms with Crippen LogP contribution in [0.3, 0.4) is 0 Å². The fraction of sp³-hybridized carbons (Fsp3) is 0.480. The minimum Gasteiger partial charge on any atom is -0.493 e. The lowest BCUT2D eigenvalue weighted by Crippen LogP contribution is -2.36. The molecule has 0 N–H and O–H groups in total. The maximum absolute atomic E-state index is 12.6. The SMILES string of the molecule is C[N+](C)(C)CCCOc1ccc2c(c1)oc(=O)c1cc(OCCC[N+](C)(C)C)ccc12. The number of ether oxygens (including phenoxy) is 2. The summed E-state index contributed by atoms with van der Waals surface area (Å²) in [5.74, 6) is 1.41. The molecule has 0 fully saturated rings. The van der Waals surface area contributed by atoms with Gasteiger partial charge in [-0.3, -0.25) is 0 Å². The van der Waals surface area contributed by atoms with Crippen molar-refractivity contribution in [2.24, 2.45) is 0 Å². The average Bonchev–Trinajstić information content (AvgIpc) is 2.67. The number of fused-ring (bicyclic) bond motifs is 3. The Morgan fingerprint density at radius 1 is 0.710 bits per heavy atom. The van der Waals surface area contributed by atoms with Gasteiger partial charge in [0.25, 0.3) is 0 Å². The third-order valence-electron chi connectivity index (χ3n) is 5.14. The number of hydrogen-bond donors (Lipinski definition) is 0. The van der Waals surface area contributed by atoms with Crippen molar-refractivity contribution in [3.63, 3.8) is 0 Å². The molecule has 0 saturated heterocycles. The molecular formula is C25H36N2O4+2. The van der Waals surface area contributed by atoms with Crippen LogP contribution in [-0.4, -0.2) is 77.6 Å². The van der Waals surface area contributed by atoms with Crippen molar-refractivity contribution in [1.29, 1.82) is 0 Å². The molecule has 1 aromatic heterocycles. The predicted octanol–water partition coefficient (Wildman–Crippen LogP) is 3.90. The number of benzene rings is 2. The smallest absolute Gasteiger partial charge is 0.344 e. The monoisotopic (exact) mass is 428 g/mol. The van der Waals surface area contributed by atoms with Gasteiger partial charge >= 0.3 is 5.63 Å². The second-order valence-corrected chi connectivity index (χ2v) is 10.2. The van der Waals surface area contributed by atoms with Crippen LogP contribution in [0.25, 0.3) is 21.7 Å². The first-order valence-corrected chi connectivity index (χ1v) is 10.9. The highest BCUT2D eigenvalue weighted by Crippen LogP contribution is 2.28. The molecule has 1 heterocycles. The Morgan fingerprint density at radius 2 is 1.23 bits per heavy atom. The van der Waals surface area contributed by atoms with Gasteiger partial charge in [0, 0.05) is 29.7 Å². The molecule has 0 radical (unpaired) electrons. The summed E-state index contributed by atoms with van der Waals surface area (Å²) in [5.41, 5.74) is 0.180. The molecule has 0 atom stereocenters. The summed E-state index contributed by atoms with van der Waals surface area (Å²) in [7, 11) is 13.0. The zero-order valence-electron chi connectivity index (χ0n) is 19.7. The first-order valence-electron chi connectivity index (χ1n) is 10.9. The van der Waals surface area contributed by atoms with E-state index in [9.17, 15) is 4.79 Å². The summed E-state index contributed by atoms with van der Waals surface area (Å²) in [4.78, 5) is 12.6. The molecule has 3 aromatic rings. The molecule has 0 saturated carbocycles. The minimum absolute atomic E-state index is 0.360. The van der Waals surface area contributed by atoms with E-state index in [1.165, 1.54) is 0 Å². The average molecular weight is 429 g/mol. The van der Waals surface area contributed by atoms with E-state index >= 15 is 0 Å². The second kappa shape index (κ2) is 9.28. The van der Waals surface area contributed by atoms with Crippen LogP contribution in [0.5, 0.6) is 11.5 Å². The zero-order valence-corrected chi connectivity index (χ0v) is 19.7. The van der Waals surface area contributed by atoms with Gasteiger partial charge in [0.2, 0.25) is 0 Å². The Bertz CT molecular complexity index is 1090. The lowest BCUT2D eigenvalue weighted by atomic mass is 10.1. The normalized spacial score (nSPS) is 12.5. The van der Waals surface area contributed by atoms with Gasteiger partial charge in [-0.1, -0.05) is 0 Å². The highest BCUT2D eigenvalue weighted by molar-refractivity contribution is 6.04. The van der Waals surface area contributed by atoms with Gasteiger partial charge in [-0.25, -0.2) is 4.79 Å². The van der Waals surface area contributed by atoms with Crippen molar-refractivity contribution in [2.45, 2.75) is 12.8 Å². The van der Waals surface area contributed by atoms with Crippen LogP contribution in [-0.2, 0) is 0 Å². The van der Waals surface area contributed by atoms with E-state index < -0.39 is 0 Å². The molecular weight excluding hydrogens is 392 g/mol. The quantitative estimate of drug-likeness (QED) is 0.213. The molecule has 0 unspecified atom stereocenters. The van der Waals surface area contributed by atoms with E-state index in [2.05, 4.69) is 42.3 Å². The van der Waals surface area contributed by atoms with Crippen LogP contribution in [0.15, 0.2) is 45.6 Å². The van der Waals surface area contributed by atoms with Crippen LogP contribution in [0.4, 0.5) is 0 Å². The minimum atomic E-state index is -0.360. The van der Waals surface area contributed by atoms with Crippen molar-refractivity contribution >= 4 is 21.7 Å². The lowest BCUT2D eigenvalue weighted by Gasteiger charge is -2.23. The molecule has 0 aliphatic carbocycles. The first kappa shape index (κ1) is 23.1. The maximum atomic E-state index is 12.6. The molecule has 0 aliphatic rings. The summed E-state index contributed by atoms with van der Waals surface area (Å²) >= 11 is 0. The maximum Gasteiger partial charge on any atom is 0.344 e. The third kappa shape index (κ3) is 6.71. The summed E-state index contributed by atoms with van der Waals surface area (Å²) in [6, 6.07) is 11.3. The molecule has 0 aliphatic heterocycles. The molecule has 0 spiro atoms. The Balaban J connectivity index is 1.73. The number of hydrogen-bond acceptors (Lipinski definition) is 4. The van der Waals surface area contributed by atoms with Crippen LogP contribution >= 0.6 is 0 Å². The van der Waals surface area contributed by atoms with Crippen molar-refractivity contribution in [2.75, 3.05) is 68.6 Å². The van der Waals surface area contributed by atoms with Crippen LogP contribution in [0.2, 0.25) is 0 Å². The Hall–Kier alpha value is -2.57. The summed E-state index contributed by atoms with van der Waals surface area (Å²) < 4.78 is 19.1. The molecule has 6 heteroatoms. The molecule has 0 bridgehead atoms. The number of quaternary nitrogens is 2. The van der Waals surface area contributed by atoms with E-state index in [1.807, 2.05) is 24.3 Å². The van der Waals surface area contributed by atoms with Gasteiger partial charge in [0.05, 0.1) is 74.0 Å². The summed E-state index contributed by atoms with van der Waals surface area (Å²) in [5, 5.41) is 2.29. The number of nitrogens with zero attached hydrogens (tertiary/aromatic N) is 2. The van der Waals surface area contributed by atoms with Gasteiger partial charge in [0.15, 0.2) is 0 Å². The van der Waals surface area contributed by atoms with Gasteiger partial charge in [-0.2, -0.15) is 0 Å². The highest BCUT2D eigenvalue weighted by atomic mass is 16.5. The predicted molar refractivity (Wildman–Crippen MR) is 126 cm³/mol. The summed E-state index contributed by atoms with van der Waals surface area (Å²) in [6.45, 7) is 3.31. The Labute approximate surface area is 184 Å². The van der Waals surface area contributed by atoms with Crippen molar-refractivity contribution in [3.8, 4) is 11.5 Å². The van der Waals surface area contributed by atoms with Crippen molar-refractivity contribution in [3.05, 3.63) is 46.8 Å². The summed E-state index contributed by atoms with van der Waals surface area (Å²) in [6.07, 6.45) is 1.91. The molecule has 31 heavy (non-hydrogen) atoms. The number of rotatable bonds is 10. The van der Waals surface area contributed by atoms with Gasteiger partial charge in [-0.05, 0) is 30.3 Å². The van der Waals surface area contributed by atoms with E-state index in [1.54, 1.807) is 12.1 Å². The van der Waals surface area contributed by atoms with E-state index in [4.69, 9.17) is 13.9 Å². The van der Waals surface area contributed by atoms with Crippen LogP contribution in [0, 0.1) is 0 Å². The fourth-order valence-electron chi connectivity index (χ4n) is 3.53. The highest BCUT2D eigenvalue weighted by Gasteiger charge is 2.11. The van der Waals surface area contributed by atoms with Crippen molar-refractivity contribution < 1.29 is 22.9 Å². The molecule has 2 aromatic carbocycles. The zero-order chi connectivity index (χ0) is 22.6. The van der Waals surface area contributed by atoms with Crippen molar-refractivity contribution in [1.82, 2.24) is 0 Å². The fourth-order valence-corrected chi connectivity index (χ4v) is 3.53. The van der Waals surface area contributed by atoms with Gasteiger partial charge in [-0.15, -0.1) is 0 Å². The topological polar surface area (TPSA) is 48.7 Å². The molecule has 0 amide bonds. The molecule has 3 rings (SSSR count). The standard InChI is InChI=1S/C25H36N2O4/c1-26(2,3)13-7-15-29-19-9-11-21-22-12-10-20(30-16-8-14-27(4,5)6)18-24(22)31-25(28)23(21)17-19/h9-12,17-18H,7-8,13-16H2,1-6H3/q+2.